The standard InChI is InChI=1S/C18H24BrF/c1-2-3-12-4-6-13(7-5-12)14-8-15-10-17(19)18(20)11-16(15)9-14/h10-14H,2-9H2,1H3. The van der Waals surface area contributed by atoms with Gasteiger partial charge in [0.05, 0.1) is 4.47 Å². The van der Waals surface area contributed by atoms with Crippen LogP contribution in [0.15, 0.2) is 16.6 Å². The van der Waals surface area contributed by atoms with Crippen LogP contribution in [0.4, 0.5) is 4.39 Å². The normalized spacial score (nSPS) is 29.4. The Kier molecular flexibility index (Phi) is 4.49. The maximum atomic E-state index is 13.6. The van der Waals surface area contributed by atoms with Gasteiger partial charge in [0.1, 0.15) is 5.82 Å². The van der Waals surface area contributed by atoms with Gasteiger partial charge in [-0.3, -0.25) is 0 Å². The van der Waals surface area contributed by atoms with Crippen molar-refractivity contribution < 1.29 is 4.39 Å². The lowest BCUT2D eigenvalue weighted by atomic mass is 9.74. The first-order valence-electron chi connectivity index (χ1n) is 8.14. The van der Waals surface area contributed by atoms with Crippen LogP contribution in [-0.4, -0.2) is 0 Å². The van der Waals surface area contributed by atoms with Gasteiger partial charge in [-0.05, 0) is 82.6 Å². The Bertz CT molecular complexity index is 444. The third kappa shape index (κ3) is 2.95. The summed E-state index contributed by atoms with van der Waals surface area (Å²) in [6, 6.07) is 3.76. The minimum Gasteiger partial charge on any atom is -0.206 e. The van der Waals surface area contributed by atoms with E-state index in [0.717, 1.165) is 30.6 Å². The molecule has 2 aliphatic carbocycles. The van der Waals surface area contributed by atoms with Crippen molar-refractivity contribution >= 4 is 15.9 Å². The van der Waals surface area contributed by atoms with Gasteiger partial charge < -0.3 is 0 Å². The van der Waals surface area contributed by atoms with Crippen molar-refractivity contribution in [3.63, 3.8) is 0 Å². The van der Waals surface area contributed by atoms with Gasteiger partial charge in [0, 0.05) is 0 Å². The van der Waals surface area contributed by atoms with Crippen LogP contribution in [-0.2, 0) is 12.8 Å². The molecule has 1 atom stereocenters. The summed E-state index contributed by atoms with van der Waals surface area (Å²) >= 11 is 3.31. The molecule has 2 heteroatoms. The first-order valence-corrected chi connectivity index (χ1v) is 8.93. The SMILES string of the molecule is CCCC1CCC(C2Cc3cc(F)c(Br)cc3C2)CC1. The van der Waals surface area contributed by atoms with Crippen LogP contribution in [0.3, 0.4) is 0 Å². The van der Waals surface area contributed by atoms with Gasteiger partial charge in [0.25, 0.3) is 0 Å². The second-order valence-corrected chi connectivity index (χ2v) is 7.63. The van der Waals surface area contributed by atoms with Gasteiger partial charge >= 0.3 is 0 Å². The van der Waals surface area contributed by atoms with E-state index in [-0.39, 0.29) is 5.82 Å². The highest BCUT2D eigenvalue weighted by Crippen LogP contribution is 2.42. The number of halogens is 2. The second-order valence-electron chi connectivity index (χ2n) is 6.77. The van der Waals surface area contributed by atoms with Crippen molar-refractivity contribution in [2.45, 2.75) is 58.3 Å². The van der Waals surface area contributed by atoms with Gasteiger partial charge in [-0.25, -0.2) is 4.39 Å². The Morgan fingerprint density at radius 3 is 2.35 bits per heavy atom. The third-order valence-corrected chi connectivity index (χ3v) is 6.07. The van der Waals surface area contributed by atoms with Crippen molar-refractivity contribution in [2.24, 2.45) is 17.8 Å². The number of hydrogen-bond donors (Lipinski definition) is 0. The predicted molar refractivity (Wildman–Crippen MR) is 85.4 cm³/mol. The van der Waals surface area contributed by atoms with Crippen LogP contribution in [0.25, 0.3) is 0 Å². The molecule has 1 aromatic carbocycles. The summed E-state index contributed by atoms with van der Waals surface area (Å²) < 4.78 is 14.3. The molecule has 0 saturated heterocycles. The summed E-state index contributed by atoms with van der Waals surface area (Å²) in [5.41, 5.74) is 2.63. The molecule has 2 aliphatic rings. The van der Waals surface area contributed by atoms with Crippen LogP contribution in [0.5, 0.6) is 0 Å². The molecule has 1 unspecified atom stereocenters. The molecule has 20 heavy (non-hydrogen) atoms. The molecule has 0 bridgehead atoms. The van der Waals surface area contributed by atoms with E-state index in [4.69, 9.17) is 0 Å². The predicted octanol–water partition coefficient (Wildman–Crippen LogP) is 5.91. The fourth-order valence-corrected chi connectivity index (χ4v) is 4.73. The summed E-state index contributed by atoms with van der Waals surface area (Å²) in [5.74, 6) is 2.52. The number of hydrogen-bond acceptors (Lipinski definition) is 0. The van der Waals surface area contributed by atoms with Crippen LogP contribution in [0.1, 0.15) is 56.6 Å². The molecule has 110 valence electrons. The molecule has 0 N–H and O–H groups in total. The Balaban J connectivity index is 1.62. The largest absolute Gasteiger partial charge is 0.206 e. The molecule has 0 heterocycles. The maximum absolute atomic E-state index is 13.6. The van der Waals surface area contributed by atoms with Gasteiger partial charge in [0.15, 0.2) is 0 Å². The molecule has 1 aromatic rings. The van der Waals surface area contributed by atoms with Crippen molar-refractivity contribution in [3.8, 4) is 0 Å². The highest BCUT2D eigenvalue weighted by Gasteiger charge is 2.32. The first-order chi connectivity index (χ1) is 9.67. The Morgan fingerprint density at radius 1 is 1.05 bits per heavy atom. The zero-order valence-corrected chi connectivity index (χ0v) is 13.9. The van der Waals surface area contributed by atoms with Crippen LogP contribution < -0.4 is 0 Å². The Morgan fingerprint density at radius 2 is 1.70 bits per heavy atom. The summed E-state index contributed by atoms with van der Waals surface area (Å²) in [4.78, 5) is 0. The van der Waals surface area contributed by atoms with E-state index in [2.05, 4.69) is 22.9 Å². The fourth-order valence-electron chi connectivity index (χ4n) is 4.34. The lowest BCUT2D eigenvalue weighted by Crippen LogP contribution is -2.22. The molecular formula is C18H24BrF. The van der Waals surface area contributed by atoms with E-state index in [1.807, 2.05) is 6.07 Å². The summed E-state index contributed by atoms with van der Waals surface area (Å²) in [6.45, 7) is 2.30. The highest BCUT2D eigenvalue weighted by molar-refractivity contribution is 9.10. The second kappa shape index (κ2) is 6.17. The van der Waals surface area contributed by atoms with Crippen molar-refractivity contribution in [1.29, 1.82) is 0 Å². The van der Waals surface area contributed by atoms with E-state index in [0.29, 0.717) is 4.47 Å². The average Bonchev–Trinajstić information content (AvgIpc) is 2.83. The highest BCUT2D eigenvalue weighted by atomic mass is 79.9. The number of rotatable bonds is 3. The lowest BCUT2D eigenvalue weighted by molar-refractivity contribution is 0.201. The Labute approximate surface area is 130 Å². The maximum Gasteiger partial charge on any atom is 0.137 e. The summed E-state index contributed by atoms with van der Waals surface area (Å²) in [7, 11) is 0. The van der Waals surface area contributed by atoms with Gasteiger partial charge in [-0.1, -0.05) is 32.6 Å². The van der Waals surface area contributed by atoms with Crippen molar-refractivity contribution in [1.82, 2.24) is 0 Å². The molecule has 0 aliphatic heterocycles. The van der Waals surface area contributed by atoms with Crippen LogP contribution in [0.2, 0.25) is 0 Å². The molecule has 0 radical (unpaired) electrons. The molecule has 1 fully saturated rings. The zero-order valence-electron chi connectivity index (χ0n) is 12.3. The van der Waals surface area contributed by atoms with Crippen molar-refractivity contribution in [2.75, 3.05) is 0 Å². The molecule has 0 amide bonds. The molecule has 0 spiro atoms. The Hall–Kier alpha value is -0.370. The molecule has 0 nitrogen and oxygen atoms in total. The monoisotopic (exact) mass is 338 g/mol. The van der Waals surface area contributed by atoms with Gasteiger partial charge in [-0.2, -0.15) is 0 Å². The molecular weight excluding hydrogens is 315 g/mol. The third-order valence-electron chi connectivity index (χ3n) is 5.46. The van der Waals surface area contributed by atoms with Crippen LogP contribution >= 0.6 is 15.9 Å². The summed E-state index contributed by atoms with van der Waals surface area (Å²) in [5, 5.41) is 0. The lowest BCUT2D eigenvalue weighted by Gasteiger charge is -2.32. The van der Waals surface area contributed by atoms with E-state index >= 15 is 0 Å². The molecule has 1 saturated carbocycles. The topological polar surface area (TPSA) is 0 Å². The quantitative estimate of drug-likeness (QED) is 0.642. The number of fused-ring (bicyclic) bond motifs is 1. The van der Waals surface area contributed by atoms with Gasteiger partial charge in [-0.15, -0.1) is 0 Å². The number of benzene rings is 1. The van der Waals surface area contributed by atoms with E-state index in [1.54, 1.807) is 6.07 Å². The van der Waals surface area contributed by atoms with E-state index in [9.17, 15) is 4.39 Å². The van der Waals surface area contributed by atoms with Crippen molar-refractivity contribution in [3.05, 3.63) is 33.5 Å². The molecule has 3 rings (SSSR count). The van der Waals surface area contributed by atoms with E-state index < -0.39 is 0 Å². The van der Waals surface area contributed by atoms with Gasteiger partial charge in [0.2, 0.25) is 0 Å². The minimum absolute atomic E-state index is 0.101. The van der Waals surface area contributed by atoms with E-state index in [1.165, 1.54) is 49.7 Å². The first kappa shape index (κ1) is 14.6. The molecule has 0 aromatic heterocycles. The van der Waals surface area contributed by atoms with Crippen LogP contribution in [0, 0.1) is 23.6 Å². The zero-order chi connectivity index (χ0) is 14.1. The summed E-state index contributed by atoms with van der Waals surface area (Å²) in [6.07, 6.45) is 10.6. The average molecular weight is 339 g/mol. The fraction of sp³-hybridized carbons (Fsp3) is 0.667. The minimum atomic E-state index is -0.101. The smallest absolute Gasteiger partial charge is 0.137 e.